The molecule has 26 heavy (non-hydrogen) atoms. The number of nitrogens with one attached hydrogen (secondary N) is 1. The van der Waals surface area contributed by atoms with Gasteiger partial charge in [0.1, 0.15) is 5.69 Å². The van der Waals surface area contributed by atoms with Gasteiger partial charge in [-0.25, -0.2) is 9.78 Å². The van der Waals surface area contributed by atoms with Gasteiger partial charge in [-0.05, 0) is 23.6 Å². The third kappa shape index (κ3) is 6.12. The highest BCUT2D eigenvalue weighted by atomic mass is 16.7. The van der Waals surface area contributed by atoms with Gasteiger partial charge in [0.25, 0.3) is 0 Å². The second kappa shape index (κ2) is 9.30. The number of aliphatic carboxylic acids is 1. The van der Waals surface area contributed by atoms with E-state index in [1.807, 2.05) is 0 Å². The predicted molar refractivity (Wildman–Crippen MR) is 96.9 cm³/mol. The summed E-state index contributed by atoms with van der Waals surface area (Å²) in [4.78, 5) is 27.8. The molecule has 0 atom stereocenters. The standard InChI is InChI=1S/C18H26N2O6/c1-18(2,3)12(17(22)23)9-11-7-8-13(16(19-11)26-6)20-14(21)10-15(24-4)25-5/h7-9,15H,10H2,1-6H3,(H,20,21)(H,22,23)/b12-9-. The van der Waals surface area contributed by atoms with Crippen LogP contribution in [-0.2, 0) is 19.1 Å². The van der Waals surface area contributed by atoms with Crippen LogP contribution in [0.2, 0.25) is 0 Å². The Bertz CT molecular complexity index is 675. The second-order valence-corrected chi connectivity index (χ2v) is 6.56. The average molecular weight is 366 g/mol. The zero-order chi connectivity index (χ0) is 19.9. The number of nitrogens with zero attached hydrogens (tertiary/aromatic N) is 1. The van der Waals surface area contributed by atoms with E-state index in [1.54, 1.807) is 32.9 Å². The van der Waals surface area contributed by atoms with Gasteiger partial charge < -0.3 is 24.6 Å². The molecule has 0 spiro atoms. The number of carbonyl (C=O) groups excluding carboxylic acids is 1. The lowest BCUT2D eigenvalue weighted by Crippen LogP contribution is -2.23. The van der Waals surface area contributed by atoms with Crippen LogP contribution in [0.4, 0.5) is 5.69 Å². The van der Waals surface area contributed by atoms with Gasteiger partial charge >= 0.3 is 5.97 Å². The van der Waals surface area contributed by atoms with Gasteiger partial charge in [-0.1, -0.05) is 20.8 Å². The normalized spacial score (nSPS) is 12.2. The van der Waals surface area contributed by atoms with Crippen molar-refractivity contribution in [2.75, 3.05) is 26.6 Å². The molecular weight excluding hydrogens is 340 g/mol. The number of pyridine rings is 1. The quantitative estimate of drug-likeness (QED) is 0.538. The number of methoxy groups -OCH3 is 3. The van der Waals surface area contributed by atoms with Crippen molar-refractivity contribution in [3.8, 4) is 5.88 Å². The molecule has 0 radical (unpaired) electrons. The summed E-state index contributed by atoms with van der Waals surface area (Å²) in [6.07, 6.45) is 0.842. The van der Waals surface area contributed by atoms with E-state index in [-0.39, 0.29) is 23.8 Å². The Morgan fingerprint density at radius 1 is 1.23 bits per heavy atom. The Morgan fingerprint density at radius 3 is 2.31 bits per heavy atom. The fourth-order valence-electron chi connectivity index (χ4n) is 2.15. The van der Waals surface area contributed by atoms with Gasteiger partial charge in [-0.3, -0.25) is 4.79 Å². The number of aromatic nitrogens is 1. The van der Waals surface area contributed by atoms with E-state index in [2.05, 4.69) is 10.3 Å². The summed E-state index contributed by atoms with van der Waals surface area (Å²) in [5, 5.41) is 12.1. The molecule has 0 fully saturated rings. The predicted octanol–water partition coefficient (Wildman–Crippen LogP) is 2.55. The number of ether oxygens (including phenoxy) is 3. The summed E-state index contributed by atoms with van der Waals surface area (Å²) in [6, 6.07) is 3.21. The van der Waals surface area contributed by atoms with Crippen LogP contribution in [0.3, 0.4) is 0 Å². The van der Waals surface area contributed by atoms with Gasteiger partial charge in [0.05, 0.1) is 19.2 Å². The first kappa shape index (κ1) is 21.6. The third-order valence-corrected chi connectivity index (χ3v) is 3.56. The summed E-state index contributed by atoms with van der Waals surface area (Å²) in [5.41, 5.74) is 0.446. The van der Waals surface area contributed by atoms with E-state index < -0.39 is 17.7 Å². The Morgan fingerprint density at radius 2 is 1.85 bits per heavy atom. The molecule has 0 aliphatic rings. The molecule has 8 nitrogen and oxygen atoms in total. The maximum atomic E-state index is 12.0. The molecule has 1 rings (SSSR count). The minimum absolute atomic E-state index is 0.00496. The SMILES string of the molecule is COc1nc(/C=C(/C(=O)O)C(C)(C)C)ccc1NC(=O)CC(OC)OC. The van der Waals surface area contributed by atoms with E-state index >= 15 is 0 Å². The van der Waals surface area contributed by atoms with Gasteiger partial charge in [-0.15, -0.1) is 0 Å². The van der Waals surface area contributed by atoms with Crippen LogP contribution in [-0.4, -0.2) is 49.6 Å². The molecule has 1 aromatic heterocycles. The topological polar surface area (TPSA) is 107 Å². The monoisotopic (exact) mass is 366 g/mol. The van der Waals surface area contributed by atoms with Crippen LogP contribution in [0.1, 0.15) is 32.9 Å². The summed E-state index contributed by atoms with van der Waals surface area (Å²) in [5.74, 6) is -1.17. The maximum Gasteiger partial charge on any atom is 0.332 e. The molecule has 0 aromatic carbocycles. The van der Waals surface area contributed by atoms with Crippen LogP contribution >= 0.6 is 0 Å². The summed E-state index contributed by atoms with van der Waals surface area (Å²) in [6.45, 7) is 5.42. The molecule has 0 aliphatic carbocycles. The molecule has 8 heteroatoms. The van der Waals surface area contributed by atoms with Crippen molar-refractivity contribution in [1.29, 1.82) is 0 Å². The lowest BCUT2D eigenvalue weighted by atomic mass is 9.86. The molecule has 1 aromatic rings. The molecular formula is C18H26N2O6. The maximum absolute atomic E-state index is 12.0. The molecule has 1 heterocycles. The first-order chi connectivity index (χ1) is 12.1. The van der Waals surface area contributed by atoms with E-state index in [9.17, 15) is 14.7 Å². The van der Waals surface area contributed by atoms with E-state index in [0.717, 1.165) is 0 Å². The van der Waals surface area contributed by atoms with Crippen molar-refractivity contribution in [3.63, 3.8) is 0 Å². The Kier molecular flexibility index (Phi) is 7.73. The van der Waals surface area contributed by atoms with Gasteiger partial charge in [0.2, 0.25) is 11.8 Å². The van der Waals surface area contributed by atoms with Gasteiger partial charge in [-0.2, -0.15) is 0 Å². The zero-order valence-electron chi connectivity index (χ0n) is 16.0. The van der Waals surface area contributed by atoms with E-state index in [4.69, 9.17) is 14.2 Å². The number of hydrogen-bond donors (Lipinski definition) is 2. The Hall–Kier alpha value is -2.45. The number of carbonyl (C=O) groups is 2. The first-order valence-corrected chi connectivity index (χ1v) is 7.98. The minimum Gasteiger partial charge on any atom is -0.479 e. The van der Waals surface area contributed by atoms with Gasteiger partial charge in [0, 0.05) is 19.8 Å². The van der Waals surface area contributed by atoms with E-state index in [0.29, 0.717) is 11.4 Å². The van der Waals surface area contributed by atoms with Crippen LogP contribution < -0.4 is 10.1 Å². The van der Waals surface area contributed by atoms with Crippen LogP contribution in [0, 0.1) is 5.41 Å². The Labute approximate surface area is 153 Å². The van der Waals surface area contributed by atoms with Crippen molar-refractivity contribution >= 4 is 23.6 Å². The largest absolute Gasteiger partial charge is 0.479 e. The molecule has 0 saturated heterocycles. The zero-order valence-corrected chi connectivity index (χ0v) is 16.0. The van der Waals surface area contributed by atoms with Crippen molar-refractivity contribution < 1.29 is 28.9 Å². The van der Waals surface area contributed by atoms with Crippen LogP contribution in [0.5, 0.6) is 5.88 Å². The summed E-state index contributed by atoms with van der Waals surface area (Å²) < 4.78 is 15.2. The highest BCUT2D eigenvalue weighted by molar-refractivity contribution is 5.94. The van der Waals surface area contributed by atoms with Crippen LogP contribution in [0.15, 0.2) is 17.7 Å². The lowest BCUT2D eigenvalue weighted by molar-refractivity contribution is -0.135. The van der Waals surface area contributed by atoms with E-state index in [1.165, 1.54) is 27.4 Å². The fourth-order valence-corrected chi connectivity index (χ4v) is 2.15. The number of amides is 1. The highest BCUT2D eigenvalue weighted by Crippen LogP contribution is 2.29. The van der Waals surface area contributed by atoms with Crippen molar-refractivity contribution in [2.45, 2.75) is 33.5 Å². The molecule has 144 valence electrons. The van der Waals surface area contributed by atoms with Crippen molar-refractivity contribution in [2.24, 2.45) is 5.41 Å². The highest BCUT2D eigenvalue weighted by Gasteiger charge is 2.24. The van der Waals surface area contributed by atoms with Crippen molar-refractivity contribution in [1.82, 2.24) is 4.98 Å². The molecule has 0 aliphatic heterocycles. The average Bonchev–Trinajstić information content (AvgIpc) is 2.57. The number of rotatable bonds is 8. The number of hydrogen-bond acceptors (Lipinski definition) is 6. The number of carboxylic acid groups (broad SMARTS) is 1. The first-order valence-electron chi connectivity index (χ1n) is 7.98. The smallest absolute Gasteiger partial charge is 0.332 e. The van der Waals surface area contributed by atoms with Gasteiger partial charge in [0.15, 0.2) is 6.29 Å². The number of anilines is 1. The third-order valence-electron chi connectivity index (χ3n) is 3.56. The summed E-state index contributed by atoms with van der Waals surface area (Å²) in [7, 11) is 4.31. The molecule has 0 saturated carbocycles. The second-order valence-electron chi connectivity index (χ2n) is 6.56. The minimum atomic E-state index is -1.01. The lowest BCUT2D eigenvalue weighted by Gasteiger charge is -2.19. The molecule has 2 N–H and O–H groups in total. The fraction of sp³-hybridized carbons (Fsp3) is 0.500. The number of carboxylic acids is 1. The van der Waals surface area contributed by atoms with Crippen molar-refractivity contribution in [3.05, 3.63) is 23.4 Å². The Balaban J connectivity index is 3.07. The van der Waals surface area contributed by atoms with Crippen LogP contribution in [0.25, 0.3) is 6.08 Å². The molecule has 1 amide bonds. The molecule has 0 bridgehead atoms. The molecule has 0 unspecified atom stereocenters. The summed E-state index contributed by atoms with van der Waals surface area (Å²) >= 11 is 0.